The van der Waals surface area contributed by atoms with Gasteiger partial charge in [-0.1, -0.05) is 0 Å². The van der Waals surface area contributed by atoms with Crippen molar-refractivity contribution < 1.29 is 0 Å². The molecule has 0 saturated heterocycles. The maximum atomic E-state index is 6.50. The van der Waals surface area contributed by atoms with E-state index in [0.29, 0.717) is 0 Å². The fourth-order valence-corrected chi connectivity index (χ4v) is 0. The van der Waals surface area contributed by atoms with Crippen LogP contribution in [0.25, 0.3) is 0 Å². The summed E-state index contributed by atoms with van der Waals surface area (Å²) in [6.45, 7) is 9.40. The molecule has 0 aliphatic rings. The Morgan fingerprint density at radius 2 is 1.29 bits per heavy atom. The predicted octanol–water partition coefficient (Wildman–Crippen LogP) is 0.883. The zero-order chi connectivity index (χ0) is 6.50. The van der Waals surface area contributed by atoms with Crippen LogP contribution in [0, 0.1) is 11.8 Å². The molecule has 0 aromatic heterocycles. The van der Waals surface area contributed by atoms with Gasteiger partial charge in [-0.2, -0.15) is 0 Å². The Bertz CT molecular complexity index is 42.8. The molecule has 0 fully saturated rings. The standard InChI is InChI=1S/C4H11N.CHN/c1-4(2,3)5;1-2/h5H2,1-3H3;1H. The van der Waals surface area contributed by atoms with Gasteiger partial charge in [-0.25, -0.2) is 5.26 Å². The summed E-state index contributed by atoms with van der Waals surface area (Å²) in [7, 11) is 0. The van der Waals surface area contributed by atoms with E-state index in [1.165, 1.54) is 0 Å². The van der Waals surface area contributed by atoms with Crippen molar-refractivity contribution in [2.24, 2.45) is 5.73 Å². The second kappa shape index (κ2) is 3.63. The zero-order valence-electron chi connectivity index (χ0n) is 5.10. The van der Waals surface area contributed by atoms with Crippen molar-refractivity contribution in [2.75, 3.05) is 0 Å². The molecule has 0 aromatic rings. The van der Waals surface area contributed by atoms with Gasteiger partial charge in [0.2, 0.25) is 0 Å². The van der Waals surface area contributed by atoms with E-state index in [0.717, 1.165) is 0 Å². The Labute approximate surface area is 44.9 Å². The quantitative estimate of drug-likeness (QED) is 0.491. The highest BCUT2D eigenvalue weighted by atomic mass is 14.7. The van der Waals surface area contributed by atoms with Crippen molar-refractivity contribution in [1.82, 2.24) is 0 Å². The summed E-state index contributed by atoms with van der Waals surface area (Å²) in [4.78, 5) is 0. The van der Waals surface area contributed by atoms with Gasteiger partial charge < -0.3 is 5.73 Å². The number of nitrogens with zero attached hydrogens (tertiary/aromatic N) is 1. The molecule has 2 nitrogen and oxygen atoms in total. The molecule has 0 amide bonds. The summed E-state index contributed by atoms with van der Waals surface area (Å²) in [5.41, 5.74) is 5.35. The summed E-state index contributed by atoms with van der Waals surface area (Å²) < 4.78 is 0. The average molecular weight is 100 g/mol. The molecule has 0 saturated carbocycles. The van der Waals surface area contributed by atoms with Crippen LogP contribution < -0.4 is 5.73 Å². The molecule has 0 atom stereocenters. The van der Waals surface area contributed by atoms with Gasteiger partial charge in [-0.3, -0.25) is 0 Å². The second-order valence-electron chi connectivity index (χ2n) is 2.37. The zero-order valence-corrected chi connectivity index (χ0v) is 5.10. The third-order valence-corrected chi connectivity index (χ3v) is 0. The smallest absolute Gasteiger partial charge is 0.0462 e. The minimum Gasteiger partial charge on any atom is -0.326 e. The normalized spacial score (nSPS) is 8.86. The topological polar surface area (TPSA) is 49.8 Å². The average Bonchev–Trinajstić information content (AvgIpc) is 1.36. The van der Waals surface area contributed by atoms with Crippen LogP contribution in [0.3, 0.4) is 0 Å². The van der Waals surface area contributed by atoms with E-state index in [1.54, 1.807) is 0 Å². The largest absolute Gasteiger partial charge is 0.326 e. The molecular formula is C5H12N2. The number of hydrogen-bond donors (Lipinski definition) is 1. The SMILES string of the molecule is C#N.CC(C)(C)N. The van der Waals surface area contributed by atoms with E-state index in [-0.39, 0.29) is 5.54 Å². The molecule has 0 unspecified atom stereocenters. The maximum absolute atomic E-state index is 6.50. The van der Waals surface area contributed by atoms with Gasteiger partial charge in [0.05, 0.1) is 0 Å². The Morgan fingerprint density at radius 3 is 1.29 bits per heavy atom. The number of rotatable bonds is 0. The highest BCUT2D eigenvalue weighted by Gasteiger charge is 1.95. The highest BCUT2D eigenvalue weighted by Crippen LogP contribution is 1.88. The third-order valence-electron chi connectivity index (χ3n) is 0. The van der Waals surface area contributed by atoms with Crippen molar-refractivity contribution in [3.05, 3.63) is 0 Å². The lowest BCUT2D eigenvalue weighted by molar-refractivity contribution is 0.580. The van der Waals surface area contributed by atoms with Crippen LogP contribution in [0.1, 0.15) is 20.8 Å². The Balaban J connectivity index is 0. The van der Waals surface area contributed by atoms with Gasteiger partial charge in [0.25, 0.3) is 0 Å². The number of nitriles is 1. The van der Waals surface area contributed by atoms with E-state index in [2.05, 4.69) is 6.57 Å². The maximum Gasteiger partial charge on any atom is 0.0462 e. The molecule has 7 heavy (non-hydrogen) atoms. The molecular weight excluding hydrogens is 88.1 g/mol. The molecule has 2 heteroatoms. The predicted molar refractivity (Wildman–Crippen MR) is 30.6 cm³/mol. The Kier molecular flexibility index (Phi) is 5.02. The van der Waals surface area contributed by atoms with Crippen LogP contribution in [0.2, 0.25) is 0 Å². The van der Waals surface area contributed by atoms with Gasteiger partial charge in [0.1, 0.15) is 0 Å². The van der Waals surface area contributed by atoms with Crippen molar-refractivity contribution in [3.63, 3.8) is 0 Å². The lowest BCUT2D eigenvalue weighted by Gasteiger charge is -2.06. The summed E-state index contributed by atoms with van der Waals surface area (Å²) in [5, 5.41) is 6.50. The van der Waals surface area contributed by atoms with Gasteiger partial charge in [-0.05, 0) is 20.8 Å². The van der Waals surface area contributed by atoms with E-state index < -0.39 is 0 Å². The summed E-state index contributed by atoms with van der Waals surface area (Å²) in [6, 6.07) is 0. The third kappa shape index (κ3) is 214. The molecule has 2 N–H and O–H groups in total. The van der Waals surface area contributed by atoms with E-state index in [1.807, 2.05) is 20.8 Å². The fourth-order valence-electron chi connectivity index (χ4n) is 0. The lowest BCUT2D eigenvalue weighted by Crippen LogP contribution is -2.26. The van der Waals surface area contributed by atoms with Crippen LogP contribution in [0.15, 0.2) is 0 Å². The molecule has 42 valence electrons. The van der Waals surface area contributed by atoms with Crippen molar-refractivity contribution in [2.45, 2.75) is 26.3 Å². The molecule has 0 aliphatic carbocycles. The minimum absolute atomic E-state index is 0. The monoisotopic (exact) mass is 100 g/mol. The summed E-state index contributed by atoms with van der Waals surface area (Å²) in [6.07, 6.45) is 0. The number of hydrogen-bond acceptors (Lipinski definition) is 2. The first-order valence-corrected chi connectivity index (χ1v) is 2.05. The first-order chi connectivity index (χ1) is 3.00. The molecule has 0 bridgehead atoms. The van der Waals surface area contributed by atoms with E-state index >= 15 is 0 Å². The van der Waals surface area contributed by atoms with E-state index in [9.17, 15) is 0 Å². The molecule has 0 heterocycles. The van der Waals surface area contributed by atoms with Crippen LogP contribution in [-0.2, 0) is 0 Å². The molecule has 0 aromatic carbocycles. The lowest BCUT2D eigenvalue weighted by atomic mass is 10.1. The van der Waals surface area contributed by atoms with Crippen molar-refractivity contribution in [3.8, 4) is 6.57 Å². The summed E-state index contributed by atoms with van der Waals surface area (Å²) in [5.74, 6) is 0. The highest BCUT2D eigenvalue weighted by molar-refractivity contribution is 4.60. The molecule has 0 spiro atoms. The second-order valence-corrected chi connectivity index (χ2v) is 2.37. The number of nitrogens with two attached hydrogens (primary N) is 1. The van der Waals surface area contributed by atoms with Gasteiger partial charge in [-0.15, -0.1) is 0 Å². The van der Waals surface area contributed by atoms with Crippen LogP contribution in [-0.4, -0.2) is 5.54 Å². The summed E-state index contributed by atoms with van der Waals surface area (Å²) >= 11 is 0. The van der Waals surface area contributed by atoms with Crippen LogP contribution in [0.4, 0.5) is 0 Å². The Morgan fingerprint density at radius 1 is 1.29 bits per heavy atom. The fraction of sp³-hybridized carbons (Fsp3) is 0.800. The van der Waals surface area contributed by atoms with Gasteiger partial charge in [0, 0.05) is 12.1 Å². The Hall–Kier alpha value is -0.550. The van der Waals surface area contributed by atoms with Gasteiger partial charge >= 0.3 is 0 Å². The minimum atomic E-state index is 0. The van der Waals surface area contributed by atoms with Crippen molar-refractivity contribution >= 4 is 0 Å². The molecule has 0 rings (SSSR count). The van der Waals surface area contributed by atoms with Crippen molar-refractivity contribution in [1.29, 1.82) is 5.26 Å². The van der Waals surface area contributed by atoms with Crippen LogP contribution in [0.5, 0.6) is 0 Å². The van der Waals surface area contributed by atoms with E-state index in [4.69, 9.17) is 11.0 Å². The molecule has 0 aliphatic heterocycles. The van der Waals surface area contributed by atoms with Crippen LogP contribution >= 0.6 is 0 Å². The first kappa shape index (κ1) is 9.67. The molecule has 0 radical (unpaired) electrons. The first-order valence-electron chi connectivity index (χ1n) is 2.05. The van der Waals surface area contributed by atoms with Gasteiger partial charge in [0.15, 0.2) is 0 Å².